The smallest absolute Gasteiger partial charge is 0.0602 e. The molecule has 1 aromatic rings. The number of hydrogen-bond donors (Lipinski definition) is 1. The van der Waals surface area contributed by atoms with Crippen molar-refractivity contribution < 1.29 is 0 Å². The number of nitrogen functional groups attached to an aromatic ring is 1. The highest BCUT2D eigenvalue weighted by Crippen LogP contribution is 2.31. The van der Waals surface area contributed by atoms with Crippen LogP contribution in [0.1, 0.15) is 37.7 Å². The van der Waals surface area contributed by atoms with Crippen molar-refractivity contribution in [3.8, 4) is 0 Å². The maximum absolute atomic E-state index is 6.15. The molecule has 2 heteroatoms. The third-order valence-corrected chi connectivity index (χ3v) is 3.80. The summed E-state index contributed by atoms with van der Waals surface area (Å²) in [6.07, 6.45) is 6.74. The number of benzene rings is 1. The Bertz CT molecular complexity index is 354. The molecule has 1 fully saturated rings. The highest BCUT2D eigenvalue weighted by atomic mass is 15.1. The summed E-state index contributed by atoms with van der Waals surface area (Å²) in [7, 11) is 2.18. The number of aryl methyl sites for hydroxylation is 1. The van der Waals surface area contributed by atoms with Gasteiger partial charge in [0.15, 0.2) is 0 Å². The van der Waals surface area contributed by atoms with E-state index < -0.39 is 0 Å². The van der Waals surface area contributed by atoms with Crippen LogP contribution >= 0.6 is 0 Å². The molecule has 1 aliphatic rings. The van der Waals surface area contributed by atoms with Gasteiger partial charge in [-0.05, 0) is 31.4 Å². The molecular formula is C14H22N2. The van der Waals surface area contributed by atoms with Crippen molar-refractivity contribution in [1.82, 2.24) is 0 Å². The third kappa shape index (κ3) is 2.16. The quantitative estimate of drug-likeness (QED) is 0.771. The van der Waals surface area contributed by atoms with Gasteiger partial charge in [-0.15, -0.1) is 0 Å². The zero-order valence-electron chi connectivity index (χ0n) is 10.4. The number of nitrogens with zero attached hydrogens (tertiary/aromatic N) is 1. The topological polar surface area (TPSA) is 29.3 Å². The van der Waals surface area contributed by atoms with Crippen LogP contribution in [0, 0.1) is 6.92 Å². The van der Waals surface area contributed by atoms with Gasteiger partial charge < -0.3 is 10.6 Å². The van der Waals surface area contributed by atoms with Crippen LogP contribution < -0.4 is 10.6 Å². The van der Waals surface area contributed by atoms with E-state index in [-0.39, 0.29) is 0 Å². The maximum Gasteiger partial charge on any atom is 0.0602 e. The molecule has 0 heterocycles. The van der Waals surface area contributed by atoms with Crippen LogP contribution in [-0.2, 0) is 0 Å². The normalized spacial score (nSPS) is 17.4. The molecule has 16 heavy (non-hydrogen) atoms. The molecule has 0 radical (unpaired) electrons. The summed E-state index contributed by atoms with van der Waals surface area (Å²) in [6.45, 7) is 2.08. The summed E-state index contributed by atoms with van der Waals surface area (Å²) >= 11 is 0. The lowest BCUT2D eigenvalue weighted by Gasteiger charge is -2.34. The molecule has 2 nitrogen and oxygen atoms in total. The van der Waals surface area contributed by atoms with E-state index >= 15 is 0 Å². The Morgan fingerprint density at radius 2 is 1.88 bits per heavy atom. The lowest BCUT2D eigenvalue weighted by molar-refractivity contribution is 0.428. The minimum absolute atomic E-state index is 0.679. The van der Waals surface area contributed by atoms with Crippen LogP contribution in [0.4, 0.5) is 11.4 Å². The lowest BCUT2D eigenvalue weighted by atomic mass is 9.94. The Balaban J connectivity index is 2.19. The second-order valence-corrected chi connectivity index (χ2v) is 4.91. The molecule has 0 aromatic heterocycles. The first kappa shape index (κ1) is 11.3. The summed E-state index contributed by atoms with van der Waals surface area (Å²) < 4.78 is 0. The average Bonchev–Trinajstić information content (AvgIpc) is 2.33. The summed E-state index contributed by atoms with van der Waals surface area (Å²) in [6, 6.07) is 6.99. The van der Waals surface area contributed by atoms with Crippen molar-refractivity contribution >= 4 is 11.4 Å². The first-order valence-corrected chi connectivity index (χ1v) is 6.28. The van der Waals surface area contributed by atoms with Gasteiger partial charge in [-0.3, -0.25) is 0 Å². The molecule has 1 saturated carbocycles. The molecule has 0 atom stereocenters. The van der Waals surface area contributed by atoms with Crippen molar-refractivity contribution in [3.05, 3.63) is 23.8 Å². The van der Waals surface area contributed by atoms with Gasteiger partial charge >= 0.3 is 0 Å². The zero-order valence-corrected chi connectivity index (χ0v) is 10.4. The van der Waals surface area contributed by atoms with Gasteiger partial charge in [-0.25, -0.2) is 0 Å². The number of para-hydroxylation sites is 1. The molecule has 2 rings (SSSR count). The highest BCUT2D eigenvalue weighted by molar-refractivity contribution is 5.70. The second-order valence-electron chi connectivity index (χ2n) is 4.91. The molecule has 0 aliphatic heterocycles. The van der Waals surface area contributed by atoms with E-state index in [0.717, 1.165) is 5.69 Å². The molecule has 1 aliphatic carbocycles. The number of anilines is 2. The van der Waals surface area contributed by atoms with Crippen LogP contribution in [0.3, 0.4) is 0 Å². The molecule has 0 unspecified atom stereocenters. The second kappa shape index (κ2) is 4.77. The van der Waals surface area contributed by atoms with Crippen molar-refractivity contribution in [2.24, 2.45) is 0 Å². The Morgan fingerprint density at radius 3 is 2.56 bits per heavy atom. The molecule has 0 saturated heterocycles. The average molecular weight is 218 g/mol. The number of hydrogen-bond acceptors (Lipinski definition) is 2. The molecule has 1 aromatic carbocycles. The number of nitrogens with two attached hydrogens (primary N) is 1. The van der Waals surface area contributed by atoms with Crippen LogP contribution in [0.25, 0.3) is 0 Å². The van der Waals surface area contributed by atoms with Gasteiger partial charge in [0.2, 0.25) is 0 Å². The standard InChI is InChI=1S/C14H22N2/c1-11-7-6-10-13(14(11)15)16(2)12-8-4-3-5-9-12/h6-7,10,12H,3-5,8-9,15H2,1-2H3. The van der Waals surface area contributed by atoms with E-state index in [9.17, 15) is 0 Å². The predicted octanol–water partition coefficient (Wildman–Crippen LogP) is 3.35. The highest BCUT2D eigenvalue weighted by Gasteiger charge is 2.19. The largest absolute Gasteiger partial charge is 0.397 e. The van der Waals surface area contributed by atoms with Gasteiger partial charge in [0.25, 0.3) is 0 Å². The zero-order chi connectivity index (χ0) is 11.5. The lowest BCUT2D eigenvalue weighted by Crippen LogP contribution is -2.33. The summed E-state index contributed by atoms with van der Waals surface area (Å²) in [5, 5.41) is 0. The molecule has 2 N–H and O–H groups in total. The Morgan fingerprint density at radius 1 is 1.19 bits per heavy atom. The van der Waals surface area contributed by atoms with Gasteiger partial charge in [0.1, 0.15) is 0 Å². The van der Waals surface area contributed by atoms with E-state index in [0.29, 0.717) is 6.04 Å². The van der Waals surface area contributed by atoms with Gasteiger partial charge in [0.05, 0.1) is 11.4 Å². The van der Waals surface area contributed by atoms with Crippen LogP contribution in [-0.4, -0.2) is 13.1 Å². The fraction of sp³-hybridized carbons (Fsp3) is 0.571. The summed E-state index contributed by atoms with van der Waals surface area (Å²) in [4.78, 5) is 2.38. The van der Waals surface area contributed by atoms with Crippen molar-refractivity contribution in [2.45, 2.75) is 45.1 Å². The fourth-order valence-corrected chi connectivity index (χ4v) is 2.64. The van der Waals surface area contributed by atoms with E-state index in [4.69, 9.17) is 5.73 Å². The molecule has 0 spiro atoms. The van der Waals surface area contributed by atoms with Crippen LogP contribution in [0.5, 0.6) is 0 Å². The molecule has 0 bridgehead atoms. The summed E-state index contributed by atoms with van der Waals surface area (Å²) in [5.41, 5.74) is 9.47. The van der Waals surface area contributed by atoms with E-state index in [1.54, 1.807) is 0 Å². The van der Waals surface area contributed by atoms with E-state index in [1.807, 2.05) is 0 Å². The Labute approximate surface area is 98.4 Å². The monoisotopic (exact) mass is 218 g/mol. The first-order valence-electron chi connectivity index (χ1n) is 6.28. The van der Waals surface area contributed by atoms with Gasteiger partial charge in [-0.2, -0.15) is 0 Å². The Hall–Kier alpha value is -1.18. The fourth-order valence-electron chi connectivity index (χ4n) is 2.64. The molecular weight excluding hydrogens is 196 g/mol. The maximum atomic E-state index is 6.15. The molecule has 0 amide bonds. The van der Waals surface area contributed by atoms with Gasteiger partial charge in [0, 0.05) is 13.1 Å². The van der Waals surface area contributed by atoms with Crippen molar-refractivity contribution in [1.29, 1.82) is 0 Å². The van der Waals surface area contributed by atoms with Crippen LogP contribution in [0.2, 0.25) is 0 Å². The SMILES string of the molecule is Cc1cccc(N(C)C2CCCCC2)c1N. The minimum atomic E-state index is 0.679. The number of rotatable bonds is 2. The van der Waals surface area contributed by atoms with Crippen LogP contribution in [0.15, 0.2) is 18.2 Å². The third-order valence-electron chi connectivity index (χ3n) is 3.80. The first-order chi connectivity index (χ1) is 7.70. The minimum Gasteiger partial charge on any atom is -0.397 e. The van der Waals surface area contributed by atoms with Crippen molar-refractivity contribution in [2.75, 3.05) is 17.7 Å². The Kier molecular flexibility index (Phi) is 3.37. The predicted molar refractivity (Wildman–Crippen MR) is 70.9 cm³/mol. The van der Waals surface area contributed by atoms with Gasteiger partial charge in [-0.1, -0.05) is 31.4 Å². The van der Waals surface area contributed by atoms with E-state index in [2.05, 4.69) is 37.1 Å². The molecule has 88 valence electrons. The summed E-state index contributed by atoms with van der Waals surface area (Å²) in [5.74, 6) is 0. The van der Waals surface area contributed by atoms with Crippen molar-refractivity contribution in [3.63, 3.8) is 0 Å². The van der Waals surface area contributed by atoms with E-state index in [1.165, 1.54) is 43.4 Å².